The first-order valence-corrected chi connectivity index (χ1v) is 7.94. The summed E-state index contributed by atoms with van der Waals surface area (Å²) in [7, 11) is 0. The van der Waals surface area contributed by atoms with Crippen LogP contribution in [0.5, 0.6) is 0 Å². The first-order valence-electron chi connectivity index (χ1n) is 7.57. The van der Waals surface area contributed by atoms with Gasteiger partial charge in [-0.25, -0.2) is 0 Å². The zero-order valence-electron chi connectivity index (χ0n) is 12.3. The van der Waals surface area contributed by atoms with Crippen LogP contribution in [0.15, 0.2) is 54.6 Å². The van der Waals surface area contributed by atoms with Crippen LogP contribution in [-0.4, -0.2) is 23.4 Å². The van der Waals surface area contributed by atoms with Crippen molar-refractivity contribution < 1.29 is 4.79 Å². The fourth-order valence-corrected chi connectivity index (χ4v) is 3.11. The third-order valence-electron chi connectivity index (χ3n) is 3.99. The molecule has 1 amide bonds. The highest BCUT2D eigenvalue weighted by Gasteiger charge is 2.30. The fraction of sp³-hybridized carbons (Fsp3) is 0.278. The topological polar surface area (TPSA) is 32.3 Å². The van der Waals surface area contributed by atoms with Crippen molar-refractivity contribution in [3.8, 4) is 0 Å². The second kappa shape index (κ2) is 6.95. The summed E-state index contributed by atoms with van der Waals surface area (Å²) in [5, 5.41) is 3.61. The van der Waals surface area contributed by atoms with Crippen LogP contribution in [0.4, 0.5) is 5.69 Å². The Balaban J connectivity index is 1.66. The number of amides is 1. The highest BCUT2D eigenvalue weighted by Crippen LogP contribution is 2.22. The van der Waals surface area contributed by atoms with Gasteiger partial charge in [0.1, 0.15) is 0 Å². The van der Waals surface area contributed by atoms with Crippen LogP contribution in [0.25, 0.3) is 0 Å². The third kappa shape index (κ3) is 3.67. The maximum atomic E-state index is 12.5. The lowest BCUT2D eigenvalue weighted by Crippen LogP contribution is -2.39. The standard InChI is InChI=1S/C18H19ClN2O/c19-15-8-4-9-16(12-15)20-18(22)17-10-5-11-21(17)13-14-6-2-1-3-7-14/h1-4,6-9,12,17H,5,10-11,13H2,(H,20,22)/t17-/m0/s1. The number of benzene rings is 2. The molecule has 22 heavy (non-hydrogen) atoms. The summed E-state index contributed by atoms with van der Waals surface area (Å²) in [6, 6.07) is 17.5. The van der Waals surface area contributed by atoms with Crippen molar-refractivity contribution in [3.05, 3.63) is 65.2 Å². The van der Waals surface area contributed by atoms with Crippen molar-refractivity contribution in [1.29, 1.82) is 0 Å². The minimum Gasteiger partial charge on any atom is -0.325 e. The Bertz CT molecular complexity index is 645. The van der Waals surface area contributed by atoms with E-state index in [9.17, 15) is 4.79 Å². The van der Waals surface area contributed by atoms with E-state index in [2.05, 4.69) is 22.3 Å². The quantitative estimate of drug-likeness (QED) is 0.927. The van der Waals surface area contributed by atoms with Crippen LogP contribution in [0, 0.1) is 0 Å². The smallest absolute Gasteiger partial charge is 0.241 e. The molecular weight excluding hydrogens is 296 g/mol. The molecule has 2 aromatic carbocycles. The molecule has 3 rings (SSSR count). The Morgan fingerprint density at radius 3 is 2.77 bits per heavy atom. The Morgan fingerprint density at radius 2 is 2.00 bits per heavy atom. The molecular formula is C18H19ClN2O. The number of hydrogen-bond acceptors (Lipinski definition) is 2. The summed E-state index contributed by atoms with van der Waals surface area (Å²) in [5.74, 6) is 0.0516. The second-order valence-electron chi connectivity index (χ2n) is 5.61. The first kappa shape index (κ1) is 15.1. The number of likely N-dealkylation sites (tertiary alicyclic amines) is 1. The van der Waals surface area contributed by atoms with E-state index in [-0.39, 0.29) is 11.9 Å². The average molecular weight is 315 g/mol. The van der Waals surface area contributed by atoms with Gasteiger partial charge in [-0.3, -0.25) is 9.69 Å². The lowest BCUT2D eigenvalue weighted by atomic mass is 10.1. The number of hydrogen-bond donors (Lipinski definition) is 1. The molecule has 0 bridgehead atoms. The van der Waals surface area contributed by atoms with Crippen molar-refractivity contribution in [2.75, 3.05) is 11.9 Å². The van der Waals surface area contributed by atoms with Crippen molar-refractivity contribution in [1.82, 2.24) is 4.90 Å². The van der Waals surface area contributed by atoms with Crippen LogP contribution in [-0.2, 0) is 11.3 Å². The molecule has 0 radical (unpaired) electrons. The van der Waals surface area contributed by atoms with Gasteiger partial charge in [0.05, 0.1) is 6.04 Å². The molecule has 0 spiro atoms. The number of nitrogens with zero attached hydrogens (tertiary/aromatic N) is 1. The van der Waals surface area contributed by atoms with Gasteiger partial charge in [-0.15, -0.1) is 0 Å². The van der Waals surface area contributed by atoms with Crippen molar-refractivity contribution >= 4 is 23.2 Å². The molecule has 1 aliphatic rings. The Hall–Kier alpha value is -1.84. The monoisotopic (exact) mass is 314 g/mol. The van der Waals surface area contributed by atoms with Gasteiger partial charge in [-0.2, -0.15) is 0 Å². The molecule has 1 atom stereocenters. The number of carbonyl (C=O) groups is 1. The molecule has 114 valence electrons. The highest BCUT2D eigenvalue weighted by atomic mass is 35.5. The molecule has 4 heteroatoms. The summed E-state index contributed by atoms with van der Waals surface area (Å²) < 4.78 is 0. The molecule has 0 aliphatic carbocycles. The molecule has 0 aromatic heterocycles. The Morgan fingerprint density at radius 1 is 1.18 bits per heavy atom. The molecule has 1 N–H and O–H groups in total. The average Bonchev–Trinajstić information content (AvgIpc) is 2.96. The van der Waals surface area contributed by atoms with E-state index >= 15 is 0 Å². The summed E-state index contributed by atoms with van der Waals surface area (Å²) >= 11 is 5.96. The molecule has 0 saturated carbocycles. The van der Waals surface area contributed by atoms with Crippen molar-refractivity contribution in [3.63, 3.8) is 0 Å². The van der Waals surface area contributed by atoms with Gasteiger partial charge in [-0.1, -0.05) is 48.0 Å². The van der Waals surface area contributed by atoms with Gasteiger partial charge in [0.25, 0.3) is 0 Å². The maximum Gasteiger partial charge on any atom is 0.241 e. The molecule has 1 aliphatic heterocycles. The zero-order chi connectivity index (χ0) is 15.4. The normalized spacial score (nSPS) is 18.3. The summed E-state index contributed by atoms with van der Waals surface area (Å²) in [4.78, 5) is 14.8. The number of rotatable bonds is 4. The van der Waals surface area contributed by atoms with E-state index in [1.165, 1.54) is 5.56 Å². The van der Waals surface area contributed by atoms with Crippen molar-refractivity contribution in [2.45, 2.75) is 25.4 Å². The molecule has 3 nitrogen and oxygen atoms in total. The minimum atomic E-state index is -0.0702. The number of anilines is 1. The highest BCUT2D eigenvalue weighted by molar-refractivity contribution is 6.30. The largest absolute Gasteiger partial charge is 0.325 e. The minimum absolute atomic E-state index is 0.0516. The molecule has 1 saturated heterocycles. The first-order chi connectivity index (χ1) is 10.7. The predicted molar refractivity (Wildman–Crippen MR) is 90.0 cm³/mol. The number of carbonyl (C=O) groups excluding carboxylic acids is 1. The van der Waals surface area contributed by atoms with Crippen molar-refractivity contribution in [2.24, 2.45) is 0 Å². The summed E-state index contributed by atoms with van der Waals surface area (Å²) in [5.41, 5.74) is 1.99. The van der Waals surface area contributed by atoms with E-state index in [1.54, 1.807) is 12.1 Å². The lowest BCUT2D eigenvalue weighted by molar-refractivity contribution is -0.120. The van der Waals surface area contributed by atoms with Crippen LogP contribution in [0.3, 0.4) is 0 Å². The fourth-order valence-electron chi connectivity index (χ4n) is 2.92. The van der Waals surface area contributed by atoms with E-state index in [0.717, 1.165) is 31.6 Å². The maximum absolute atomic E-state index is 12.5. The molecule has 0 unspecified atom stereocenters. The Labute approximate surface area is 135 Å². The summed E-state index contributed by atoms with van der Waals surface area (Å²) in [6.07, 6.45) is 1.96. The zero-order valence-corrected chi connectivity index (χ0v) is 13.1. The van der Waals surface area contributed by atoms with Gasteiger partial charge in [-0.05, 0) is 43.1 Å². The van der Waals surface area contributed by atoms with Crippen LogP contribution >= 0.6 is 11.6 Å². The van der Waals surface area contributed by atoms with Crippen LogP contribution in [0.1, 0.15) is 18.4 Å². The molecule has 1 fully saturated rings. The molecule has 2 aromatic rings. The van der Waals surface area contributed by atoms with E-state index in [1.807, 2.05) is 30.3 Å². The van der Waals surface area contributed by atoms with E-state index in [4.69, 9.17) is 11.6 Å². The second-order valence-corrected chi connectivity index (χ2v) is 6.05. The predicted octanol–water partition coefficient (Wildman–Crippen LogP) is 3.94. The number of halogens is 1. The lowest BCUT2D eigenvalue weighted by Gasteiger charge is -2.23. The van der Waals surface area contributed by atoms with Gasteiger partial charge < -0.3 is 5.32 Å². The SMILES string of the molecule is O=C(Nc1cccc(Cl)c1)[C@@H]1CCCN1Cc1ccccc1. The van der Waals surface area contributed by atoms with Crippen LogP contribution < -0.4 is 5.32 Å². The van der Waals surface area contributed by atoms with E-state index in [0.29, 0.717) is 5.02 Å². The van der Waals surface area contributed by atoms with E-state index < -0.39 is 0 Å². The third-order valence-corrected chi connectivity index (χ3v) is 4.22. The van der Waals surface area contributed by atoms with Gasteiger partial charge >= 0.3 is 0 Å². The van der Waals surface area contributed by atoms with Gasteiger partial charge in [0.2, 0.25) is 5.91 Å². The Kier molecular flexibility index (Phi) is 4.76. The van der Waals surface area contributed by atoms with Gasteiger partial charge in [0, 0.05) is 17.3 Å². The molecule has 1 heterocycles. The van der Waals surface area contributed by atoms with Crippen LogP contribution in [0.2, 0.25) is 5.02 Å². The van der Waals surface area contributed by atoms with Gasteiger partial charge in [0.15, 0.2) is 0 Å². The summed E-state index contributed by atoms with van der Waals surface area (Å²) in [6.45, 7) is 1.77. The number of nitrogens with one attached hydrogen (secondary N) is 1.